The van der Waals surface area contributed by atoms with Crippen molar-refractivity contribution in [1.82, 2.24) is 15.0 Å². The third-order valence-electron chi connectivity index (χ3n) is 0.888. The van der Waals surface area contributed by atoms with Crippen molar-refractivity contribution in [3.63, 3.8) is 0 Å². The summed E-state index contributed by atoms with van der Waals surface area (Å²) < 4.78 is 0. The van der Waals surface area contributed by atoms with E-state index in [-0.39, 0.29) is 6.61 Å². The lowest BCUT2D eigenvalue weighted by atomic mass is 10.7. The molecule has 1 aromatic rings. The monoisotopic (exact) mass is 140 g/mol. The van der Waals surface area contributed by atoms with E-state index >= 15 is 0 Å². The van der Waals surface area contributed by atoms with Gasteiger partial charge >= 0.3 is 0 Å². The van der Waals surface area contributed by atoms with Crippen molar-refractivity contribution in [2.24, 2.45) is 0 Å². The summed E-state index contributed by atoms with van der Waals surface area (Å²) in [5.41, 5.74) is 0. The Hall–Kier alpha value is -1.23. The summed E-state index contributed by atoms with van der Waals surface area (Å²) in [6, 6.07) is 0. The Kier molecular flexibility index (Phi) is 2.57. The van der Waals surface area contributed by atoms with Crippen LogP contribution >= 0.6 is 0 Å². The van der Waals surface area contributed by atoms with E-state index in [0.29, 0.717) is 12.5 Å². The van der Waals surface area contributed by atoms with Crippen molar-refractivity contribution in [3.05, 3.63) is 12.7 Å². The molecule has 0 aromatic carbocycles. The maximum Gasteiger partial charge on any atom is 0.225 e. The van der Waals surface area contributed by atoms with Crippen LogP contribution in [-0.4, -0.2) is 33.2 Å². The van der Waals surface area contributed by atoms with Gasteiger partial charge in [-0.05, 0) is 0 Å². The van der Waals surface area contributed by atoms with Crippen molar-refractivity contribution >= 4 is 5.95 Å². The Bertz CT molecular complexity index is 178. The van der Waals surface area contributed by atoms with E-state index in [1.807, 2.05) is 0 Å². The van der Waals surface area contributed by atoms with Crippen LogP contribution in [0.1, 0.15) is 0 Å². The predicted molar refractivity (Wildman–Crippen MR) is 35.4 cm³/mol. The molecule has 0 aliphatic rings. The van der Waals surface area contributed by atoms with Crippen LogP contribution in [0.25, 0.3) is 0 Å². The van der Waals surface area contributed by atoms with Crippen molar-refractivity contribution in [3.8, 4) is 0 Å². The number of aliphatic hydroxyl groups is 1. The number of aromatic nitrogens is 3. The normalized spacial score (nSPS) is 9.30. The molecule has 5 nitrogen and oxygen atoms in total. The molecule has 1 rings (SSSR count). The first-order chi connectivity index (χ1) is 4.93. The zero-order valence-electron chi connectivity index (χ0n) is 5.36. The number of nitrogens with zero attached hydrogens (tertiary/aromatic N) is 3. The molecule has 0 amide bonds. The number of hydrogen-bond acceptors (Lipinski definition) is 5. The molecule has 10 heavy (non-hydrogen) atoms. The zero-order chi connectivity index (χ0) is 7.23. The van der Waals surface area contributed by atoms with Crippen LogP contribution in [-0.2, 0) is 0 Å². The largest absolute Gasteiger partial charge is 0.395 e. The van der Waals surface area contributed by atoms with E-state index in [4.69, 9.17) is 5.11 Å². The number of rotatable bonds is 3. The minimum Gasteiger partial charge on any atom is -0.395 e. The van der Waals surface area contributed by atoms with Gasteiger partial charge in [-0.15, -0.1) is 0 Å². The first-order valence-corrected chi connectivity index (χ1v) is 2.90. The van der Waals surface area contributed by atoms with Gasteiger partial charge in [0.05, 0.1) is 6.61 Å². The highest BCUT2D eigenvalue weighted by Crippen LogP contribution is 1.88. The van der Waals surface area contributed by atoms with Crippen LogP contribution in [0.3, 0.4) is 0 Å². The molecule has 1 heterocycles. The molecule has 0 saturated carbocycles. The minimum absolute atomic E-state index is 0.0751. The molecule has 0 radical (unpaired) electrons. The maximum atomic E-state index is 8.39. The Morgan fingerprint density at radius 2 is 2.10 bits per heavy atom. The third kappa shape index (κ3) is 1.94. The van der Waals surface area contributed by atoms with Crippen molar-refractivity contribution in [1.29, 1.82) is 0 Å². The highest BCUT2D eigenvalue weighted by Gasteiger charge is 1.88. The molecule has 0 saturated heterocycles. The lowest BCUT2D eigenvalue weighted by Gasteiger charge is -1.98. The predicted octanol–water partition coefficient (Wildman–Crippen LogP) is -0.724. The molecule has 0 aliphatic heterocycles. The Balaban J connectivity index is 2.43. The molecule has 0 bridgehead atoms. The summed E-state index contributed by atoms with van der Waals surface area (Å²) in [4.78, 5) is 11.2. The molecular formula is C5H8N4O. The summed E-state index contributed by atoms with van der Waals surface area (Å²) >= 11 is 0. The van der Waals surface area contributed by atoms with Crippen LogP contribution in [0.4, 0.5) is 5.95 Å². The van der Waals surface area contributed by atoms with Gasteiger partial charge in [0.25, 0.3) is 0 Å². The van der Waals surface area contributed by atoms with Gasteiger partial charge in [0.1, 0.15) is 12.7 Å². The van der Waals surface area contributed by atoms with Crippen molar-refractivity contribution < 1.29 is 5.11 Å². The van der Waals surface area contributed by atoms with E-state index in [1.165, 1.54) is 12.7 Å². The molecule has 2 N–H and O–H groups in total. The number of nitrogens with one attached hydrogen (secondary N) is 1. The van der Waals surface area contributed by atoms with E-state index < -0.39 is 0 Å². The molecular weight excluding hydrogens is 132 g/mol. The molecule has 54 valence electrons. The van der Waals surface area contributed by atoms with Crippen LogP contribution in [0.2, 0.25) is 0 Å². The minimum atomic E-state index is 0.0751. The van der Waals surface area contributed by atoms with Crippen molar-refractivity contribution in [2.75, 3.05) is 18.5 Å². The summed E-state index contributed by atoms with van der Waals surface area (Å²) in [5.74, 6) is 0.490. The Morgan fingerprint density at radius 3 is 2.70 bits per heavy atom. The standard InChI is InChI=1S/C5H8N4O/c10-2-1-7-5-8-3-6-4-9-5/h3-4,10H,1-2H2,(H,6,7,8,9). The average Bonchev–Trinajstić information content (AvgIpc) is 2.03. The summed E-state index contributed by atoms with van der Waals surface area (Å²) in [6.07, 6.45) is 2.79. The second-order valence-electron chi connectivity index (χ2n) is 1.61. The number of aliphatic hydroxyl groups excluding tert-OH is 1. The smallest absolute Gasteiger partial charge is 0.225 e. The average molecular weight is 140 g/mol. The van der Waals surface area contributed by atoms with Gasteiger partial charge in [-0.1, -0.05) is 0 Å². The lowest BCUT2D eigenvalue weighted by Crippen LogP contribution is -2.08. The summed E-state index contributed by atoms with van der Waals surface area (Å²) in [6.45, 7) is 0.537. The van der Waals surface area contributed by atoms with E-state index in [1.54, 1.807) is 0 Å². The molecule has 0 unspecified atom stereocenters. The molecule has 0 aliphatic carbocycles. The zero-order valence-corrected chi connectivity index (χ0v) is 5.36. The SMILES string of the molecule is OCCNc1ncncn1. The molecule has 0 spiro atoms. The van der Waals surface area contributed by atoms with Gasteiger partial charge in [0.15, 0.2) is 0 Å². The Morgan fingerprint density at radius 1 is 1.40 bits per heavy atom. The fraction of sp³-hybridized carbons (Fsp3) is 0.400. The van der Waals surface area contributed by atoms with Gasteiger partial charge in [-0.25, -0.2) is 15.0 Å². The topological polar surface area (TPSA) is 70.9 Å². The third-order valence-corrected chi connectivity index (χ3v) is 0.888. The van der Waals surface area contributed by atoms with Gasteiger partial charge in [0.2, 0.25) is 5.95 Å². The van der Waals surface area contributed by atoms with Gasteiger partial charge in [-0.3, -0.25) is 0 Å². The lowest BCUT2D eigenvalue weighted by molar-refractivity contribution is 0.311. The second kappa shape index (κ2) is 3.73. The van der Waals surface area contributed by atoms with Crippen LogP contribution in [0.15, 0.2) is 12.7 Å². The van der Waals surface area contributed by atoms with Crippen LogP contribution in [0.5, 0.6) is 0 Å². The van der Waals surface area contributed by atoms with Crippen LogP contribution in [0, 0.1) is 0 Å². The van der Waals surface area contributed by atoms with E-state index in [9.17, 15) is 0 Å². The molecule has 0 fully saturated rings. The Labute approximate surface area is 58.2 Å². The maximum absolute atomic E-state index is 8.39. The number of anilines is 1. The summed E-state index contributed by atoms with van der Waals surface area (Å²) in [5, 5.41) is 11.2. The first-order valence-electron chi connectivity index (χ1n) is 2.90. The van der Waals surface area contributed by atoms with E-state index in [0.717, 1.165) is 0 Å². The molecule has 0 atom stereocenters. The van der Waals surface area contributed by atoms with Gasteiger partial charge < -0.3 is 10.4 Å². The van der Waals surface area contributed by atoms with Gasteiger partial charge in [0, 0.05) is 6.54 Å². The highest BCUT2D eigenvalue weighted by molar-refractivity contribution is 5.19. The fourth-order valence-electron chi connectivity index (χ4n) is 0.498. The van der Waals surface area contributed by atoms with Crippen molar-refractivity contribution in [2.45, 2.75) is 0 Å². The fourth-order valence-corrected chi connectivity index (χ4v) is 0.498. The first kappa shape index (κ1) is 6.88. The van der Waals surface area contributed by atoms with E-state index in [2.05, 4.69) is 20.3 Å². The summed E-state index contributed by atoms with van der Waals surface area (Å²) in [7, 11) is 0. The van der Waals surface area contributed by atoms with Crippen LogP contribution < -0.4 is 5.32 Å². The second-order valence-corrected chi connectivity index (χ2v) is 1.61. The quantitative estimate of drug-likeness (QED) is 0.579. The number of hydrogen-bond donors (Lipinski definition) is 2. The van der Waals surface area contributed by atoms with Gasteiger partial charge in [-0.2, -0.15) is 0 Å². The molecule has 1 aromatic heterocycles. The highest BCUT2D eigenvalue weighted by atomic mass is 16.3. The molecule has 5 heteroatoms.